The van der Waals surface area contributed by atoms with Crippen LogP contribution in [0.25, 0.3) is 0 Å². The molecule has 1 amide bonds. The summed E-state index contributed by atoms with van der Waals surface area (Å²) in [5, 5.41) is 1.87. The first-order valence-electron chi connectivity index (χ1n) is 6.57. The lowest BCUT2D eigenvalue weighted by Crippen LogP contribution is -2.36. The zero-order chi connectivity index (χ0) is 14.5. The largest absolute Gasteiger partial charge is 0.312 e. The Morgan fingerprint density at radius 1 is 1.40 bits per heavy atom. The van der Waals surface area contributed by atoms with Crippen LogP contribution in [0, 0.1) is 6.92 Å². The molecule has 5 heteroatoms. The molecule has 3 nitrogen and oxygen atoms in total. The summed E-state index contributed by atoms with van der Waals surface area (Å²) in [5.41, 5.74) is 1.95. The van der Waals surface area contributed by atoms with Crippen LogP contribution in [0.5, 0.6) is 0 Å². The number of carbonyl (C=O) groups is 1. The van der Waals surface area contributed by atoms with Gasteiger partial charge in [0.05, 0.1) is 5.25 Å². The first-order chi connectivity index (χ1) is 9.61. The second-order valence-electron chi connectivity index (χ2n) is 4.43. The first-order valence-corrected chi connectivity index (χ1v) is 8.33. The van der Waals surface area contributed by atoms with E-state index in [9.17, 15) is 4.79 Å². The highest BCUT2D eigenvalue weighted by molar-refractivity contribution is 8.02. The molecule has 0 unspecified atom stereocenters. The normalized spacial score (nSPS) is 12.2. The number of hydrogen-bond acceptors (Lipinski definition) is 4. The Morgan fingerprint density at radius 3 is 2.65 bits per heavy atom. The molecule has 1 aromatic heterocycles. The minimum Gasteiger partial charge on any atom is -0.312 e. The lowest BCUT2D eigenvalue weighted by atomic mass is 10.2. The molecule has 0 saturated heterocycles. The van der Waals surface area contributed by atoms with Crippen LogP contribution in [0.3, 0.4) is 0 Å². The van der Waals surface area contributed by atoms with Crippen LogP contribution >= 0.6 is 23.1 Å². The van der Waals surface area contributed by atoms with Gasteiger partial charge in [0.2, 0.25) is 5.91 Å². The molecule has 2 aromatic rings. The molecule has 0 aliphatic carbocycles. The van der Waals surface area contributed by atoms with E-state index in [4.69, 9.17) is 0 Å². The third-order valence-electron chi connectivity index (χ3n) is 2.87. The molecule has 20 heavy (non-hydrogen) atoms. The number of hydrogen-bond donors (Lipinski definition) is 0. The van der Waals surface area contributed by atoms with Crippen molar-refractivity contribution in [3.63, 3.8) is 0 Å². The summed E-state index contributed by atoms with van der Waals surface area (Å²) >= 11 is 3.12. The van der Waals surface area contributed by atoms with Crippen LogP contribution in [0.2, 0.25) is 0 Å². The van der Waals surface area contributed by atoms with E-state index in [0.29, 0.717) is 6.54 Å². The highest BCUT2D eigenvalue weighted by Crippen LogP contribution is 2.28. The van der Waals surface area contributed by atoms with Gasteiger partial charge in [0.1, 0.15) is 0 Å². The maximum absolute atomic E-state index is 12.6. The first kappa shape index (κ1) is 15.1. The number of thiazole rings is 1. The van der Waals surface area contributed by atoms with E-state index in [2.05, 4.69) is 4.98 Å². The number of nitrogens with zero attached hydrogens (tertiary/aromatic N) is 2. The van der Waals surface area contributed by atoms with E-state index in [0.717, 1.165) is 15.7 Å². The van der Waals surface area contributed by atoms with Crippen LogP contribution < -0.4 is 4.90 Å². The molecular formula is C15H18N2OS2. The van der Waals surface area contributed by atoms with Crippen molar-refractivity contribution in [2.45, 2.75) is 30.4 Å². The van der Waals surface area contributed by atoms with E-state index in [1.54, 1.807) is 11.3 Å². The van der Waals surface area contributed by atoms with Gasteiger partial charge < -0.3 is 4.90 Å². The average molecular weight is 306 g/mol. The fourth-order valence-corrected chi connectivity index (χ4v) is 3.93. The van der Waals surface area contributed by atoms with Gasteiger partial charge >= 0.3 is 0 Å². The Balaban J connectivity index is 2.08. The molecule has 0 saturated carbocycles. The highest BCUT2D eigenvalue weighted by atomic mass is 32.2. The Kier molecular flexibility index (Phi) is 5.20. The van der Waals surface area contributed by atoms with E-state index in [-0.39, 0.29) is 11.2 Å². The zero-order valence-corrected chi connectivity index (χ0v) is 13.5. The Bertz CT molecular complexity index is 568. The molecule has 0 spiro atoms. The minimum absolute atomic E-state index is 0.122. The second kappa shape index (κ2) is 6.90. The maximum Gasteiger partial charge on any atom is 0.240 e. The van der Waals surface area contributed by atoms with Gasteiger partial charge in [-0.25, -0.2) is 4.98 Å². The summed E-state index contributed by atoms with van der Waals surface area (Å²) in [5.74, 6) is 0.122. The van der Waals surface area contributed by atoms with Crippen LogP contribution in [-0.4, -0.2) is 22.7 Å². The molecule has 1 atom stereocenters. The van der Waals surface area contributed by atoms with Gasteiger partial charge in [-0.05, 0) is 32.9 Å². The van der Waals surface area contributed by atoms with Crippen molar-refractivity contribution in [3.05, 3.63) is 41.4 Å². The summed E-state index contributed by atoms with van der Waals surface area (Å²) in [6.45, 7) is 6.57. The number of anilines is 1. The Labute approximate surface area is 128 Å². The van der Waals surface area contributed by atoms with Gasteiger partial charge in [-0.2, -0.15) is 0 Å². The number of benzene rings is 1. The van der Waals surface area contributed by atoms with Gasteiger partial charge in [-0.3, -0.25) is 4.79 Å². The number of aromatic nitrogens is 1. The highest BCUT2D eigenvalue weighted by Gasteiger charge is 2.22. The predicted molar refractivity (Wildman–Crippen MR) is 86.6 cm³/mol. The van der Waals surface area contributed by atoms with Crippen molar-refractivity contribution in [2.75, 3.05) is 11.4 Å². The Hall–Kier alpha value is -1.33. The third-order valence-corrected chi connectivity index (χ3v) is 5.05. The van der Waals surface area contributed by atoms with Gasteiger partial charge in [0, 0.05) is 23.3 Å². The minimum atomic E-state index is -0.138. The number of para-hydroxylation sites is 1. The maximum atomic E-state index is 12.6. The van der Waals surface area contributed by atoms with Crippen molar-refractivity contribution >= 4 is 34.7 Å². The fraction of sp³-hybridized carbons (Fsp3) is 0.333. The van der Waals surface area contributed by atoms with Crippen LogP contribution in [-0.2, 0) is 4.79 Å². The number of carbonyl (C=O) groups excluding carboxylic acids is 1. The molecule has 106 valence electrons. The van der Waals surface area contributed by atoms with E-state index in [1.165, 1.54) is 11.8 Å². The van der Waals surface area contributed by atoms with Gasteiger partial charge in [0.25, 0.3) is 0 Å². The molecule has 1 aromatic carbocycles. The van der Waals surface area contributed by atoms with Crippen molar-refractivity contribution in [3.8, 4) is 0 Å². The lowest BCUT2D eigenvalue weighted by Gasteiger charge is -2.23. The number of rotatable bonds is 5. The van der Waals surface area contributed by atoms with Gasteiger partial charge in [0.15, 0.2) is 4.34 Å². The Morgan fingerprint density at radius 2 is 2.10 bits per heavy atom. The van der Waals surface area contributed by atoms with Crippen molar-refractivity contribution in [1.82, 2.24) is 4.98 Å². The van der Waals surface area contributed by atoms with Crippen molar-refractivity contribution in [1.29, 1.82) is 0 Å². The monoisotopic (exact) mass is 306 g/mol. The van der Waals surface area contributed by atoms with Crippen molar-refractivity contribution < 1.29 is 4.79 Å². The second-order valence-corrected chi connectivity index (χ2v) is 6.88. The lowest BCUT2D eigenvalue weighted by molar-refractivity contribution is -0.117. The topological polar surface area (TPSA) is 33.2 Å². The number of aryl methyl sites for hydroxylation is 1. The number of amides is 1. The summed E-state index contributed by atoms with van der Waals surface area (Å²) in [6, 6.07) is 9.79. The number of thioether (sulfide) groups is 1. The molecular weight excluding hydrogens is 288 g/mol. The molecule has 0 bridgehead atoms. The quantitative estimate of drug-likeness (QED) is 0.783. The van der Waals surface area contributed by atoms with Crippen LogP contribution in [0.4, 0.5) is 5.69 Å². The van der Waals surface area contributed by atoms with Crippen molar-refractivity contribution in [2.24, 2.45) is 0 Å². The van der Waals surface area contributed by atoms with Gasteiger partial charge in [-0.1, -0.05) is 30.0 Å². The summed E-state index contributed by atoms with van der Waals surface area (Å²) < 4.78 is 0.951. The third kappa shape index (κ3) is 3.61. The molecule has 0 N–H and O–H groups in total. The summed E-state index contributed by atoms with van der Waals surface area (Å²) in [6.07, 6.45) is 0. The van der Waals surface area contributed by atoms with Crippen LogP contribution in [0.1, 0.15) is 19.5 Å². The molecule has 0 aliphatic rings. The van der Waals surface area contributed by atoms with E-state index in [1.807, 2.05) is 61.4 Å². The fourth-order valence-electron chi connectivity index (χ4n) is 1.88. The standard InChI is InChI=1S/C15H18N2OS2/c1-4-17(13-8-6-5-7-9-13)14(18)12(3)20-15-16-11(2)10-19-15/h5-10,12H,4H2,1-3H3/t12-/m0/s1. The van der Waals surface area contributed by atoms with Crippen LogP contribution in [0.15, 0.2) is 40.1 Å². The average Bonchev–Trinajstić information content (AvgIpc) is 2.86. The zero-order valence-electron chi connectivity index (χ0n) is 11.9. The van der Waals surface area contributed by atoms with E-state index >= 15 is 0 Å². The summed E-state index contributed by atoms with van der Waals surface area (Å²) in [4.78, 5) is 18.8. The molecule has 0 fully saturated rings. The molecule has 0 aliphatic heterocycles. The van der Waals surface area contributed by atoms with Gasteiger partial charge in [-0.15, -0.1) is 11.3 Å². The molecule has 1 heterocycles. The smallest absolute Gasteiger partial charge is 0.240 e. The SMILES string of the molecule is CCN(C(=O)[C@H](C)Sc1nc(C)cs1)c1ccccc1. The summed E-state index contributed by atoms with van der Waals surface area (Å²) in [7, 11) is 0. The van der Waals surface area contributed by atoms with E-state index < -0.39 is 0 Å². The predicted octanol–water partition coefficient (Wildman–Crippen LogP) is 3.99. The molecule has 2 rings (SSSR count). The molecule has 0 radical (unpaired) electrons.